The van der Waals surface area contributed by atoms with Gasteiger partial charge in [-0.3, -0.25) is 4.90 Å². The Balaban J connectivity index is 1.40. The fourth-order valence-corrected chi connectivity index (χ4v) is 4.54. The minimum absolute atomic E-state index is 0.793. The van der Waals surface area contributed by atoms with E-state index in [0.29, 0.717) is 0 Å². The first-order valence-corrected chi connectivity index (χ1v) is 10.6. The Hall–Kier alpha value is -1.68. The average molecular weight is 373 g/mol. The Bertz CT molecular complexity index is 602. The molecule has 1 aliphatic carbocycles. The summed E-state index contributed by atoms with van der Waals surface area (Å²) < 4.78 is 10.7. The van der Waals surface area contributed by atoms with E-state index in [2.05, 4.69) is 28.5 Å². The molecule has 0 N–H and O–H groups in total. The smallest absolute Gasteiger partial charge is 0.160 e. The van der Waals surface area contributed by atoms with Crippen molar-refractivity contribution in [3.8, 4) is 11.5 Å². The molecule has 1 saturated carbocycles. The molecule has 0 atom stereocenters. The van der Waals surface area contributed by atoms with E-state index in [1.165, 1.54) is 56.5 Å². The molecule has 150 valence electrons. The quantitative estimate of drug-likeness (QED) is 0.671. The molecule has 0 aromatic heterocycles. The molecule has 3 rings (SSSR count). The summed E-state index contributed by atoms with van der Waals surface area (Å²) in [5.41, 5.74) is 2.60. The number of aryl methyl sites for hydroxylation is 1. The number of hydrogen-bond acceptors (Lipinski definition) is 4. The second-order valence-electron chi connectivity index (χ2n) is 7.92. The number of benzene rings is 1. The summed E-state index contributed by atoms with van der Waals surface area (Å²) >= 11 is 0. The lowest BCUT2D eigenvalue weighted by Crippen LogP contribution is -2.50. The van der Waals surface area contributed by atoms with E-state index in [4.69, 9.17) is 9.47 Å². The molecular weight excluding hydrogens is 336 g/mol. The van der Waals surface area contributed by atoms with E-state index in [0.717, 1.165) is 49.9 Å². The zero-order chi connectivity index (χ0) is 19.1. The normalized spacial score (nSPS) is 19.1. The monoisotopic (exact) mass is 372 g/mol. The largest absolute Gasteiger partial charge is 0.493 e. The number of allylic oxidation sites excluding steroid dienone is 1. The van der Waals surface area contributed by atoms with Crippen LogP contribution in [-0.2, 0) is 6.42 Å². The molecule has 0 spiro atoms. The van der Waals surface area contributed by atoms with Gasteiger partial charge in [0.05, 0.1) is 14.2 Å². The molecule has 1 aromatic carbocycles. The van der Waals surface area contributed by atoms with Crippen molar-refractivity contribution in [3.05, 3.63) is 36.0 Å². The Kier molecular flexibility index (Phi) is 7.45. The predicted octanol–water partition coefficient (Wildman–Crippen LogP) is 4.49. The number of ether oxygens (including phenoxy) is 2. The van der Waals surface area contributed by atoms with Crippen LogP contribution < -0.4 is 9.47 Å². The third kappa shape index (κ3) is 5.41. The minimum atomic E-state index is 0.793. The van der Waals surface area contributed by atoms with Crippen LogP contribution in [0.3, 0.4) is 0 Å². The number of nitrogens with zero attached hydrogens (tertiary/aromatic N) is 2. The third-order valence-electron chi connectivity index (χ3n) is 6.23. The summed E-state index contributed by atoms with van der Waals surface area (Å²) in [5, 5.41) is 0. The Morgan fingerprint density at radius 1 is 1.00 bits per heavy atom. The van der Waals surface area contributed by atoms with Crippen LogP contribution in [0.5, 0.6) is 11.5 Å². The fourth-order valence-electron chi connectivity index (χ4n) is 4.54. The molecule has 0 radical (unpaired) electrons. The van der Waals surface area contributed by atoms with Crippen LogP contribution in [0.25, 0.3) is 0 Å². The van der Waals surface area contributed by atoms with Crippen LogP contribution >= 0.6 is 0 Å². The van der Waals surface area contributed by atoms with E-state index in [9.17, 15) is 0 Å². The molecule has 1 aliphatic heterocycles. The van der Waals surface area contributed by atoms with Crippen LogP contribution in [0.1, 0.15) is 50.5 Å². The highest BCUT2D eigenvalue weighted by Gasteiger charge is 2.25. The topological polar surface area (TPSA) is 24.9 Å². The average Bonchev–Trinajstić information content (AvgIpc) is 2.74. The minimum Gasteiger partial charge on any atom is -0.493 e. The first-order valence-electron chi connectivity index (χ1n) is 10.6. The zero-order valence-corrected chi connectivity index (χ0v) is 17.2. The van der Waals surface area contributed by atoms with E-state index < -0.39 is 0 Å². The highest BCUT2D eigenvalue weighted by atomic mass is 16.5. The van der Waals surface area contributed by atoms with Gasteiger partial charge in [-0.2, -0.15) is 0 Å². The van der Waals surface area contributed by atoms with Crippen LogP contribution in [-0.4, -0.2) is 56.2 Å². The van der Waals surface area contributed by atoms with Gasteiger partial charge in [0.2, 0.25) is 0 Å². The van der Waals surface area contributed by atoms with Crippen molar-refractivity contribution >= 4 is 0 Å². The number of methoxy groups -OCH3 is 2. The standard InChI is InChI=1S/C23H36N2O2/c1-19(8-7-9-20-12-13-22(26-2)23(18-20)27-3)24-14-16-25(17-15-24)21-10-5-4-6-11-21/h12-13,18,21H,1,4-11,14-17H2,2-3H3. The van der Waals surface area contributed by atoms with E-state index in [-0.39, 0.29) is 0 Å². The Labute approximate surface area is 165 Å². The summed E-state index contributed by atoms with van der Waals surface area (Å²) in [6.45, 7) is 9.08. The number of piperazine rings is 1. The second kappa shape index (κ2) is 10.0. The van der Waals surface area contributed by atoms with Gasteiger partial charge in [0.15, 0.2) is 11.5 Å². The van der Waals surface area contributed by atoms with Gasteiger partial charge >= 0.3 is 0 Å². The predicted molar refractivity (Wildman–Crippen MR) is 112 cm³/mol. The molecule has 0 unspecified atom stereocenters. The molecule has 4 nitrogen and oxygen atoms in total. The van der Waals surface area contributed by atoms with Crippen molar-refractivity contribution < 1.29 is 9.47 Å². The Morgan fingerprint density at radius 2 is 1.70 bits per heavy atom. The molecule has 0 bridgehead atoms. The zero-order valence-electron chi connectivity index (χ0n) is 17.2. The van der Waals surface area contributed by atoms with E-state index in [1.807, 2.05) is 6.07 Å². The van der Waals surface area contributed by atoms with Gasteiger partial charge in [-0.05, 0) is 49.8 Å². The maximum Gasteiger partial charge on any atom is 0.160 e. The van der Waals surface area contributed by atoms with Gasteiger partial charge in [0.1, 0.15) is 0 Å². The van der Waals surface area contributed by atoms with Gasteiger partial charge in [-0.25, -0.2) is 0 Å². The molecule has 4 heteroatoms. The second-order valence-corrected chi connectivity index (χ2v) is 7.92. The summed E-state index contributed by atoms with van der Waals surface area (Å²) in [6.07, 6.45) is 10.3. The SMILES string of the molecule is C=C(CCCc1ccc(OC)c(OC)c1)N1CCN(C2CCCCC2)CC1. The van der Waals surface area contributed by atoms with Crippen LogP contribution in [0.2, 0.25) is 0 Å². The molecular formula is C23H36N2O2. The number of rotatable bonds is 8. The highest BCUT2D eigenvalue weighted by molar-refractivity contribution is 5.42. The lowest BCUT2D eigenvalue weighted by molar-refractivity contribution is 0.0928. The molecule has 0 amide bonds. The fraction of sp³-hybridized carbons (Fsp3) is 0.652. The molecule has 1 heterocycles. The van der Waals surface area contributed by atoms with E-state index >= 15 is 0 Å². The number of hydrogen-bond donors (Lipinski definition) is 0. The van der Waals surface area contributed by atoms with Gasteiger partial charge in [0, 0.05) is 37.9 Å². The summed E-state index contributed by atoms with van der Waals surface area (Å²) in [4.78, 5) is 5.24. The summed E-state index contributed by atoms with van der Waals surface area (Å²) in [6, 6.07) is 7.06. The first kappa shape index (κ1) is 20.1. The molecule has 2 fully saturated rings. The van der Waals surface area contributed by atoms with Crippen molar-refractivity contribution in [1.29, 1.82) is 0 Å². The molecule has 1 aromatic rings. The Morgan fingerprint density at radius 3 is 2.37 bits per heavy atom. The van der Waals surface area contributed by atoms with Crippen molar-refractivity contribution in [2.75, 3.05) is 40.4 Å². The maximum atomic E-state index is 5.40. The summed E-state index contributed by atoms with van der Waals surface area (Å²) in [7, 11) is 3.37. The van der Waals surface area contributed by atoms with Crippen LogP contribution in [0.4, 0.5) is 0 Å². The van der Waals surface area contributed by atoms with E-state index in [1.54, 1.807) is 14.2 Å². The molecule has 2 aliphatic rings. The third-order valence-corrected chi connectivity index (χ3v) is 6.23. The van der Waals surface area contributed by atoms with Crippen molar-refractivity contribution in [2.45, 2.75) is 57.4 Å². The van der Waals surface area contributed by atoms with Crippen molar-refractivity contribution in [2.24, 2.45) is 0 Å². The lowest BCUT2D eigenvalue weighted by Gasteiger charge is -2.42. The van der Waals surface area contributed by atoms with Gasteiger partial charge < -0.3 is 14.4 Å². The van der Waals surface area contributed by atoms with Gasteiger partial charge in [-0.1, -0.05) is 31.9 Å². The summed E-state index contributed by atoms with van der Waals surface area (Å²) in [5.74, 6) is 1.61. The van der Waals surface area contributed by atoms with Gasteiger partial charge in [0.25, 0.3) is 0 Å². The maximum absolute atomic E-state index is 5.40. The molecule has 27 heavy (non-hydrogen) atoms. The van der Waals surface area contributed by atoms with Crippen molar-refractivity contribution in [1.82, 2.24) is 9.80 Å². The van der Waals surface area contributed by atoms with Gasteiger partial charge in [-0.15, -0.1) is 0 Å². The van der Waals surface area contributed by atoms with Crippen LogP contribution in [0.15, 0.2) is 30.5 Å². The van der Waals surface area contributed by atoms with Crippen LogP contribution in [0, 0.1) is 0 Å². The highest BCUT2D eigenvalue weighted by Crippen LogP contribution is 2.28. The van der Waals surface area contributed by atoms with Crippen molar-refractivity contribution in [3.63, 3.8) is 0 Å². The molecule has 1 saturated heterocycles. The first-order chi connectivity index (χ1) is 13.2. The lowest BCUT2D eigenvalue weighted by atomic mass is 9.94.